The van der Waals surface area contributed by atoms with Crippen molar-refractivity contribution < 1.29 is 4.79 Å². The molecule has 1 saturated heterocycles. The first-order valence-corrected chi connectivity index (χ1v) is 5.79. The molecular formula is C11H17N5O. The standard InChI is InChI=1S/C11H17N5O/c12-5-8-6-14-11(15-7-8)16-4-2-1-3-9(16)10(13)17/h6-7,9H,1-5,12H2,(H2,13,17). The average Bonchev–Trinajstić information content (AvgIpc) is 2.39. The van der Waals surface area contributed by atoms with E-state index >= 15 is 0 Å². The Kier molecular flexibility index (Phi) is 3.53. The zero-order chi connectivity index (χ0) is 12.3. The summed E-state index contributed by atoms with van der Waals surface area (Å²) in [7, 11) is 0. The summed E-state index contributed by atoms with van der Waals surface area (Å²) >= 11 is 0. The molecule has 0 aromatic carbocycles. The number of nitrogens with two attached hydrogens (primary N) is 2. The predicted molar refractivity (Wildman–Crippen MR) is 64.1 cm³/mol. The van der Waals surface area contributed by atoms with Crippen molar-refractivity contribution >= 4 is 11.9 Å². The van der Waals surface area contributed by atoms with Crippen molar-refractivity contribution in [2.24, 2.45) is 11.5 Å². The molecule has 1 amide bonds. The summed E-state index contributed by atoms with van der Waals surface area (Å²) in [6.07, 6.45) is 6.21. The van der Waals surface area contributed by atoms with Gasteiger partial charge in [-0.15, -0.1) is 0 Å². The van der Waals surface area contributed by atoms with Gasteiger partial charge in [-0.25, -0.2) is 9.97 Å². The summed E-state index contributed by atoms with van der Waals surface area (Å²) in [6, 6.07) is -0.285. The molecule has 1 fully saturated rings. The first kappa shape index (κ1) is 11.8. The predicted octanol–water partition coefficient (Wildman–Crippen LogP) is -0.221. The minimum atomic E-state index is -0.309. The van der Waals surface area contributed by atoms with Crippen molar-refractivity contribution in [2.75, 3.05) is 11.4 Å². The van der Waals surface area contributed by atoms with Crippen LogP contribution in [-0.2, 0) is 11.3 Å². The summed E-state index contributed by atoms with van der Waals surface area (Å²) < 4.78 is 0. The van der Waals surface area contributed by atoms with Crippen LogP contribution in [0.25, 0.3) is 0 Å². The highest BCUT2D eigenvalue weighted by molar-refractivity contribution is 5.83. The van der Waals surface area contributed by atoms with Crippen LogP contribution in [-0.4, -0.2) is 28.5 Å². The van der Waals surface area contributed by atoms with Gasteiger partial charge in [0.1, 0.15) is 6.04 Å². The number of anilines is 1. The first-order chi connectivity index (χ1) is 8.22. The molecule has 0 spiro atoms. The summed E-state index contributed by atoms with van der Waals surface area (Å²) in [5.41, 5.74) is 11.8. The van der Waals surface area contributed by atoms with E-state index < -0.39 is 0 Å². The largest absolute Gasteiger partial charge is 0.368 e. The molecule has 0 radical (unpaired) electrons. The van der Waals surface area contributed by atoms with E-state index in [1.54, 1.807) is 12.4 Å². The van der Waals surface area contributed by atoms with Gasteiger partial charge in [0.05, 0.1) is 0 Å². The van der Waals surface area contributed by atoms with Crippen molar-refractivity contribution in [1.29, 1.82) is 0 Å². The zero-order valence-corrected chi connectivity index (χ0v) is 9.67. The van der Waals surface area contributed by atoms with Gasteiger partial charge < -0.3 is 16.4 Å². The third-order valence-corrected chi connectivity index (χ3v) is 3.02. The molecule has 0 aliphatic carbocycles. The number of aromatic nitrogens is 2. The molecule has 0 saturated carbocycles. The molecule has 17 heavy (non-hydrogen) atoms. The molecule has 1 aliphatic heterocycles. The van der Waals surface area contributed by atoms with E-state index in [4.69, 9.17) is 11.5 Å². The van der Waals surface area contributed by atoms with Crippen LogP contribution in [0.3, 0.4) is 0 Å². The number of primary amides is 1. The highest BCUT2D eigenvalue weighted by atomic mass is 16.1. The van der Waals surface area contributed by atoms with E-state index in [1.165, 1.54) is 0 Å². The van der Waals surface area contributed by atoms with Crippen LogP contribution in [0.1, 0.15) is 24.8 Å². The maximum atomic E-state index is 11.4. The molecule has 4 N–H and O–H groups in total. The summed E-state index contributed by atoms with van der Waals surface area (Å²) in [4.78, 5) is 21.7. The van der Waals surface area contributed by atoms with E-state index in [9.17, 15) is 4.79 Å². The van der Waals surface area contributed by atoms with Crippen molar-refractivity contribution in [3.63, 3.8) is 0 Å². The second-order valence-corrected chi connectivity index (χ2v) is 4.20. The van der Waals surface area contributed by atoms with Gasteiger partial charge in [-0.1, -0.05) is 0 Å². The molecule has 2 rings (SSSR count). The number of carbonyl (C=O) groups excluding carboxylic acids is 1. The fourth-order valence-electron chi connectivity index (χ4n) is 2.07. The second-order valence-electron chi connectivity index (χ2n) is 4.20. The van der Waals surface area contributed by atoms with Crippen LogP contribution in [0.5, 0.6) is 0 Å². The third-order valence-electron chi connectivity index (χ3n) is 3.02. The van der Waals surface area contributed by atoms with Gasteiger partial charge in [-0.05, 0) is 19.3 Å². The Balaban J connectivity index is 2.20. The number of amides is 1. The van der Waals surface area contributed by atoms with Crippen molar-refractivity contribution in [2.45, 2.75) is 31.8 Å². The van der Waals surface area contributed by atoms with Crippen LogP contribution in [0.2, 0.25) is 0 Å². The molecule has 1 aromatic heterocycles. The smallest absolute Gasteiger partial charge is 0.240 e. The average molecular weight is 235 g/mol. The lowest BCUT2D eigenvalue weighted by atomic mass is 10.0. The summed E-state index contributed by atoms with van der Waals surface area (Å²) in [6.45, 7) is 1.19. The highest BCUT2D eigenvalue weighted by Crippen LogP contribution is 2.21. The Bertz CT molecular complexity index is 391. The van der Waals surface area contributed by atoms with Crippen molar-refractivity contribution in [3.05, 3.63) is 18.0 Å². The lowest BCUT2D eigenvalue weighted by molar-refractivity contribution is -0.119. The minimum absolute atomic E-state index is 0.285. The van der Waals surface area contributed by atoms with E-state index in [0.29, 0.717) is 12.5 Å². The minimum Gasteiger partial charge on any atom is -0.368 e. The second kappa shape index (κ2) is 5.09. The fraction of sp³-hybridized carbons (Fsp3) is 0.545. The van der Waals surface area contributed by atoms with Crippen LogP contribution in [0, 0.1) is 0 Å². The van der Waals surface area contributed by atoms with Gasteiger partial charge >= 0.3 is 0 Å². The molecule has 1 aromatic rings. The topological polar surface area (TPSA) is 98.1 Å². The van der Waals surface area contributed by atoms with Crippen LogP contribution < -0.4 is 16.4 Å². The van der Waals surface area contributed by atoms with Crippen LogP contribution in [0.4, 0.5) is 5.95 Å². The zero-order valence-electron chi connectivity index (χ0n) is 9.67. The molecule has 6 nitrogen and oxygen atoms in total. The first-order valence-electron chi connectivity index (χ1n) is 5.79. The Morgan fingerprint density at radius 1 is 1.41 bits per heavy atom. The molecular weight excluding hydrogens is 218 g/mol. The number of carbonyl (C=O) groups is 1. The van der Waals surface area contributed by atoms with E-state index in [2.05, 4.69) is 9.97 Å². The Morgan fingerprint density at radius 3 is 2.71 bits per heavy atom. The van der Waals surface area contributed by atoms with Gasteiger partial charge in [0.25, 0.3) is 0 Å². The van der Waals surface area contributed by atoms with Gasteiger partial charge in [0.15, 0.2) is 0 Å². The number of hydrogen-bond acceptors (Lipinski definition) is 5. The fourth-order valence-corrected chi connectivity index (χ4v) is 2.07. The van der Waals surface area contributed by atoms with E-state index in [-0.39, 0.29) is 11.9 Å². The lowest BCUT2D eigenvalue weighted by Crippen LogP contribution is -2.48. The van der Waals surface area contributed by atoms with Gasteiger partial charge in [-0.2, -0.15) is 0 Å². The SMILES string of the molecule is NCc1cnc(N2CCCCC2C(N)=O)nc1. The molecule has 1 atom stereocenters. The quantitative estimate of drug-likeness (QED) is 0.754. The monoisotopic (exact) mass is 235 g/mol. The van der Waals surface area contributed by atoms with Gasteiger partial charge in [0, 0.05) is 31.0 Å². The Labute approximate surface area is 100 Å². The Morgan fingerprint density at radius 2 is 2.12 bits per heavy atom. The normalized spacial score (nSPS) is 20.3. The highest BCUT2D eigenvalue weighted by Gasteiger charge is 2.28. The Hall–Kier alpha value is -1.69. The molecule has 1 unspecified atom stereocenters. The third kappa shape index (κ3) is 2.52. The molecule has 0 bridgehead atoms. The van der Waals surface area contributed by atoms with E-state index in [0.717, 1.165) is 31.4 Å². The van der Waals surface area contributed by atoms with Gasteiger partial charge in [0.2, 0.25) is 11.9 Å². The van der Waals surface area contributed by atoms with Crippen molar-refractivity contribution in [1.82, 2.24) is 9.97 Å². The van der Waals surface area contributed by atoms with Crippen LogP contribution >= 0.6 is 0 Å². The molecule has 1 aliphatic rings. The van der Waals surface area contributed by atoms with E-state index in [1.807, 2.05) is 4.90 Å². The molecule has 2 heterocycles. The number of piperidine rings is 1. The lowest BCUT2D eigenvalue weighted by Gasteiger charge is -2.33. The maximum absolute atomic E-state index is 11.4. The summed E-state index contributed by atoms with van der Waals surface area (Å²) in [5, 5.41) is 0. The number of rotatable bonds is 3. The maximum Gasteiger partial charge on any atom is 0.240 e. The molecule has 6 heteroatoms. The number of hydrogen-bond donors (Lipinski definition) is 2. The summed E-state index contributed by atoms with van der Waals surface area (Å²) in [5.74, 6) is 0.252. The molecule has 92 valence electrons. The van der Waals surface area contributed by atoms with Gasteiger partial charge in [-0.3, -0.25) is 4.79 Å². The number of nitrogens with zero attached hydrogens (tertiary/aromatic N) is 3. The van der Waals surface area contributed by atoms with Crippen LogP contribution in [0.15, 0.2) is 12.4 Å². The van der Waals surface area contributed by atoms with Crippen molar-refractivity contribution in [3.8, 4) is 0 Å².